The van der Waals surface area contributed by atoms with Gasteiger partial charge >= 0.3 is 39.5 Å². The van der Waals surface area contributed by atoms with Crippen LogP contribution in [0.5, 0.6) is 0 Å². The number of unbranched alkanes of at least 4 members (excludes halogenated alkanes) is 48. The fraction of sp³-hybridized carbons (Fsp3) is 0.951. The number of ether oxygens (including phenoxy) is 4. The molecule has 0 radical (unpaired) electrons. The second-order valence-corrected chi connectivity index (χ2v) is 33.8. The summed E-state index contributed by atoms with van der Waals surface area (Å²) in [6.45, 7) is 11.9. The Labute approximate surface area is 619 Å². The van der Waals surface area contributed by atoms with Gasteiger partial charge in [0.05, 0.1) is 26.4 Å². The van der Waals surface area contributed by atoms with Crippen molar-refractivity contribution in [1.29, 1.82) is 0 Å². The minimum absolute atomic E-state index is 0.105. The molecular formula is C82H160O17P2. The summed E-state index contributed by atoms with van der Waals surface area (Å²) in [4.78, 5) is 73.0. The zero-order chi connectivity index (χ0) is 74.4. The number of phosphoric ester groups is 2. The van der Waals surface area contributed by atoms with Crippen molar-refractivity contribution in [3.8, 4) is 0 Å². The van der Waals surface area contributed by atoms with Crippen LogP contribution >= 0.6 is 15.6 Å². The molecule has 2 unspecified atom stereocenters. The molecular weight excluding hydrogens is 1320 g/mol. The van der Waals surface area contributed by atoms with Gasteiger partial charge in [0.15, 0.2) is 12.2 Å². The van der Waals surface area contributed by atoms with Crippen LogP contribution in [-0.2, 0) is 65.4 Å². The molecule has 0 spiro atoms. The van der Waals surface area contributed by atoms with Gasteiger partial charge in [-0.25, -0.2) is 9.13 Å². The van der Waals surface area contributed by atoms with Crippen LogP contribution < -0.4 is 0 Å². The third kappa shape index (κ3) is 76.1. The lowest BCUT2D eigenvalue weighted by Crippen LogP contribution is -2.30. The third-order valence-corrected chi connectivity index (χ3v) is 21.0. The van der Waals surface area contributed by atoms with E-state index >= 15 is 0 Å². The predicted molar refractivity (Wildman–Crippen MR) is 414 cm³/mol. The molecule has 0 heterocycles. The average molecular weight is 1480 g/mol. The van der Waals surface area contributed by atoms with E-state index in [4.69, 9.17) is 37.0 Å². The molecule has 0 saturated carbocycles. The molecule has 0 saturated heterocycles. The Hall–Kier alpha value is -1.94. The first kappa shape index (κ1) is 99.1. The van der Waals surface area contributed by atoms with Crippen LogP contribution in [0.2, 0.25) is 0 Å². The van der Waals surface area contributed by atoms with E-state index in [0.717, 1.165) is 108 Å². The summed E-state index contributed by atoms with van der Waals surface area (Å²) in [5.41, 5.74) is 0. The maximum atomic E-state index is 13.1. The van der Waals surface area contributed by atoms with Crippen molar-refractivity contribution in [2.24, 2.45) is 17.8 Å². The fourth-order valence-electron chi connectivity index (χ4n) is 12.7. The summed E-state index contributed by atoms with van der Waals surface area (Å²) in [7, 11) is -9.92. The molecule has 0 bridgehead atoms. The van der Waals surface area contributed by atoms with Crippen LogP contribution in [-0.4, -0.2) is 96.7 Å². The molecule has 0 amide bonds. The van der Waals surface area contributed by atoms with Gasteiger partial charge in [0.1, 0.15) is 19.3 Å². The molecule has 0 aliphatic rings. The van der Waals surface area contributed by atoms with E-state index in [-0.39, 0.29) is 25.7 Å². The summed E-state index contributed by atoms with van der Waals surface area (Å²) >= 11 is 0. The van der Waals surface area contributed by atoms with Crippen molar-refractivity contribution in [3.05, 3.63) is 0 Å². The van der Waals surface area contributed by atoms with Gasteiger partial charge in [0.2, 0.25) is 0 Å². The van der Waals surface area contributed by atoms with Crippen LogP contribution in [0.4, 0.5) is 0 Å². The SMILES string of the molecule is CCCCCCCCCCCCCCCCCCCCCC(=O)OC[C@H](COP(=O)(O)OC[C@@H](O)COP(=O)(O)OC[C@@H](COC(=O)CCCCCCCCC(C)C)OC(=O)CCCCCCCCCCCCCC(C)C)OC(=O)CCCCCCCCCCCCCCCCCCC(C)C. The minimum atomic E-state index is -4.96. The Kier molecular flexibility index (Phi) is 70.9. The molecule has 0 fully saturated rings. The van der Waals surface area contributed by atoms with Crippen LogP contribution in [0.1, 0.15) is 427 Å². The van der Waals surface area contributed by atoms with E-state index in [0.29, 0.717) is 31.6 Å². The Morgan fingerprint density at radius 3 is 0.673 bits per heavy atom. The van der Waals surface area contributed by atoms with Crippen LogP contribution in [0.25, 0.3) is 0 Å². The molecule has 5 atom stereocenters. The summed E-state index contributed by atoms with van der Waals surface area (Å²) in [5.74, 6) is 0.141. The van der Waals surface area contributed by atoms with Crippen molar-refractivity contribution < 1.29 is 80.2 Å². The molecule has 19 heteroatoms. The first-order valence-electron chi connectivity index (χ1n) is 42.3. The first-order chi connectivity index (χ1) is 48.7. The van der Waals surface area contributed by atoms with Gasteiger partial charge in [-0.2, -0.15) is 0 Å². The van der Waals surface area contributed by atoms with Crippen molar-refractivity contribution in [2.45, 2.75) is 446 Å². The average Bonchev–Trinajstić information content (AvgIpc) is 1.37. The summed E-state index contributed by atoms with van der Waals surface area (Å²) < 4.78 is 68.7. The van der Waals surface area contributed by atoms with Gasteiger partial charge in [-0.3, -0.25) is 37.3 Å². The molecule has 17 nitrogen and oxygen atoms in total. The topological polar surface area (TPSA) is 237 Å². The van der Waals surface area contributed by atoms with Crippen molar-refractivity contribution in [3.63, 3.8) is 0 Å². The molecule has 0 aromatic heterocycles. The molecule has 0 aromatic rings. The molecule has 0 rings (SSSR count). The maximum absolute atomic E-state index is 13.1. The van der Waals surface area contributed by atoms with Gasteiger partial charge in [-0.1, -0.05) is 376 Å². The number of esters is 4. The van der Waals surface area contributed by atoms with Crippen LogP contribution in [0, 0.1) is 17.8 Å². The van der Waals surface area contributed by atoms with Gasteiger partial charge in [0, 0.05) is 25.7 Å². The second-order valence-electron chi connectivity index (χ2n) is 30.9. The summed E-state index contributed by atoms with van der Waals surface area (Å²) in [6.07, 6.45) is 61.3. The number of hydrogen-bond donors (Lipinski definition) is 3. The van der Waals surface area contributed by atoms with E-state index in [9.17, 15) is 43.2 Å². The highest BCUT2D eigenvalue weighted by atomic mass is 31.2. The molecule has 0 aliphatic carbocycles. The molecule has 101 heavy (non-hydrogen) atoms. The third-order valence-electron chi connectivity index (χ3n) is 19.1. The van der Waals surface area contributed by atoms with Crippen LogP contribution in [0.3, 0.4) is 0 Å². The standard InChI is InChI=1S/C82H160O17P2/c1-8-9-10-11-12-13-14-15-16-17-18-19-23-26-31-36-41-49-56-63-79(84)92-69-77(98-81(86)65-58-51-42-37-32-27-24-21-20-22-25-29-34-39-46-53-60-73(2)3)71-96-100(88,89)94-67-76(83)68-95-101(90,91)97-72-78(70-93-80(85)64-57-50-45-44-48-55-62-75(6)7)99-82(87)66-59-52-43-38-33-28-30-35-40-47-54-61-74(4)5/h73-78,83H,8-72H2,1-7H3,(H,88,89)(H,90,91)/t76-,77-,78-/m1/s1. The van der Waals surface area contributed by atoms with E-state index in [1.54, 1.807) is 0 Å². The quantitative estimate of drug-likeness (QED) is 0.0222. The zero-order valence-corrected chi connectivity index (χ0v) is 68.2. The number of rotatable bonds is 80. The van der Waals surface area contributed by atoms with Gasteiger partial charge in [-0.05, 0) is 43.4 Å². The molecule has 0 aliphatic heterocycles. The normalized spacial score (nSPS) is 14.0. The molecule has 600 valence electrons. The van der Waals surface area contributed by atoms with Crippen molar-refractivity contribution in [2.75, 3.05) is 39.6 Å². The van der Waals surface area contributed by atoms with Crippen LogP contribution in [0.15, 0.2) is 0 Å². The zero-order valence-electron chi connectivity index (χ0n) is 66.4. The molecule has 3 N–H and O–H groups in total. The number of hydrogen-bond acceptors (Lipinski definition) is 15. The smallest absolute Gasteiger partial charge is 0.462 e. The van der Waals surface area contributed by atoms with Gasteiger partial charge in [-0.15, -0.1) is 0 Å². The second kappa shape index (κ2) is 72.3. The minimum Gasteiger partial charge on any atom is -0.462 e. The fourth-order valence-corrected chi connectivity index (χ4v) is 14.2. The van der Waals surface area contributed by atoms with Gasteiger partial charge in [0.25, 0.3) is 0 Å². The number of aliphatic hydroxyl groups excluding tert-OH is 1. The monoisotopic (exact) mass is 1480 g/mol. The van der Waals surface area contributed by atoms with E-state index in [1.807, 2.05) is 0 Å². The number of carbonyl (C=O) groups is 4. The van der Waals surface area contributed by atoms with Crippen molar-refractivity contribution >= 4 is 39.5 Å². The Balaban J connectivity index is 5.22. The number of carbonyl (C=O) groups excluding carboxylic acids is 4. The number of phosphoric acid groups is 2. The summed E-state index contributed by atoms with van der Waals surface area (Å²) in [5, 5.41) is 10.6. The highest BCUT2D eigenvalue weighted by Gasteiger charge is 2.30. The Morgan fingerprint density at radius 2 is 0.455 bits per heavy atom. The Morgan fingerprint density at radius 1 is 0.267 bits per heavy atom. The first-order valence-corrected chi connectivity index (χ1v) is 45.3. The van der Waals surface area contributed by atoms with E-state index in [2.05, 4.69) is 48.5 Å². The van der Waals surface area contributed by atoms with E-state index in [1.165, 1.54) is 231 Å². The van der Waals surface area contributed by atoms with Crippen molar-refractivity contribution in [1.82, 2.24) is 0 Å². The van der Waals surface area contributed by atoms with E-state index < -0.39 is 97.5 Å². The summed E-state index contributed by atoms with van der Waals surface area (Å²) in [6, 6.07) is 0. The van der Waals surface area contributed by atoms with Gasteiger partial charge < -0.3 is 33.8 Å². The lowest BCUT2D eigenvalue weighted by molar-refractivity contribution is -0.161. The maximum Gasteiger partial charge on any atom is 0.472 e. The number of aliphatic hydroxyl groups is 1. The predicted octanol–water partition coefficient (Wildman–Crippen LogP) is 24.5. The highest BCUT2D eigenvalue weighted by Crippen LogP contribution is 2.45. The largest absolute Gasteiger partial charge is 0.472 e. The molecule has 0 aromatic carbocycles. The lowest BCUT2D eigenvalue weighted by atomic mass is 10.0. The highest BCUT2D eigenvalue weighted by molar-refractivity contribution is 7.47. The lowest BCUT2D eigenvalue weighted by Gasteiger charge is -2.21. The Bertz CT molecular complexity index is 1960.